The quantitative estimate of drug-likeness (QED) is 0.0693. The molecule has 0 heterocycles. The molecule has 0 spiro atoms. The van der Waals surface area contributed by atoms with Crippen LogP contribution < -0.4 is 39.8 Å². The van der Waals surface area contributed by atoms with E-state index in [4.69, 9.17) is 25.5 Å². The number of hydrogen-bond donors (Lipinski definition) is 5. The number of carboxylic acid groups (broad SMARTS) is 3. The van der Waals surface area contributed by atoms with Gasteiger partial charge in [0.05, 0.1) is 22.0 Å². The van der Waals surface area contributed by atoms with Crippen LogP contribution in [0.2, 0.25) is 0 Å². The van der Waals surface area contributed by atoms with Gasteiger partial charge < -0.3 is 49.9 Å². The number of aliphatic hydroxyl groups excluding tert-OH is 4. The molecule has 5 N–H and O–H groups in total. The van der Waals surface area contributed by atoms with Crippen LogP contribution in [0.3, 0.4) is 0 Å². The van der Waals surface area contributed by atoms with Gasteiger partial charge in [0, 0.05) is 39.6 Å². The van der Waals surface area contributed by atoms with E-state index in [2.05, 4.69) is 0 Å². The van der Waals surface area contributed by atoms with Crippen molar-refractivity contribution in [2.45, 2.75) is 83.7 Å². The third-order valence-corrected chi connectivity index (χ3v) is 4.27. The van der Waals surface area contributed by atoms with Gasteiger partial charge in [0.25, 0.3) is 0 Å². The van der Waals surface area contributed by atoms with Crippen LogP contribution in [0, 0.1) is 0 Å². The second-order valence-electron chi connectivity index (χ2n) is 6.80. The molecule has 0 aliphatic carbocycles. The standard InChI is InChI=1S/C6H14O5S.C6H12O3.C5H10O3.C3H6O2.Na.H2/c7-4-2-1-3-6(8)5-12(9,10)11;7-5-3-1-2-4-6(8)9;6-4-2-1-3-5(7)8;1-2-3(4)5;;/h6-8H,1-5H2,(H,9,10,11);7H,1-5H2,(H,8,9);6H,1-4H2,(H,7,8);2H2,1H3,(H,4,5);;1H/q;;;;+1;/p-3. The molecule has 1 atom stereocenters. The number of carboxylic acids is 3. The first kappa shape index (κ1) is 44.2. The Morgan fingerprint density at radius 1 is 0.800 bits per heavy atom. The van der Waals surface area contributed by atoms with Gasteiger partial charge >= 0.3 is 35.5 Å². The first-order valence-corrected chi connectivity index (χ1v) is 12.4. The number of rotatable bonds is 16. The summed E-state index contributed by atoms with van der Waals surface area (Å²) in [5.74, 6) is -3.53. The Kier molecular flexibility index (Phi) is 41.9. The number of aliphatic hydroxyl groups is 4. The number of unbranched alkanes of at least 4 members (excludes halogenated alkanes) is 4. The fourth-order valence-electron chi connectivity index (χ4n) is 1.75. The first-order valence-electron chi connectivity index (χ1n) is 10.8. The van der Waals surface area contributed by atoms with Crippen molar-refractivity contribution in [2.24, 2.45) is 0 Å². The third-order valence-electron chi connectivity index (χ3n) is 3.47. The SMILES string of the molecule is CCC(=O)O.O=C([O-])CCCCCO.O=C([O-])CCCCO.O=S(=O)([O-])CC(O)CCCCO.[HH].[Na+]. The van der Waals surface area contributed by atoms with Crippen molar-refractivity contribution >= 4 is 28.0 Å². The summed E-state index contributed by atoms with van der Waals surface area (Å²) in [4.78, 5) is 28.8. The van der Waals surface area contributed by atoms with Gasteiger partial charge in [0.1, 0.15) is 0 Å². The molecule has 0 aromatic rings. The molecule has 208 valence electrons. The van der Waals surface area contributed by atoms with Gasteiger partial charge in [-0.05, 0) is 57.8 Å². The van der Waals surface area contributed by atoms with Crippen molar-refractivity contribution in [2.75, 3.05) is 25.6 Å². The topological polar surface area (TPSA) is 256 Å². The van der Waals surface area contributed by atoms with E-state index in [1.807, 2.05) is 0 Å². The van der Waals surface area contributed by atoms with Gasteiger partial charge in [-0.25, -0.2) is 8.42 Å². The molecule has 13 nitrogen and oxygen atoms in total. The van der Waals surface area contributed by atoms with E-state index in [-0.39, 0.29) is 76.5 Å². The predicted molar refractivity (Wildman–Crippen MR) is 118 cm³/mol. The summed E-state index contributed by atoms with van der Waals surface area (Å²) in [6.07, 6.45) is 3.69. The van der Waals surface area contributed by atoms with E-state index in [1.165, 1.54) is 0 Å². The second-order valence-corrected chi connectivity index (χ2v) is 8.25. The maximum atomic E-state index is 10.1. The van der Waals surface area contributed by atoms with E-state index < -0.39 is 39.9 Å². The van der Waals surface area contributed by atoms with Crippen LogP contribution in [0.1, 0.15) is 79.0 Å². The number of carbonyl (C=O) groups excluding carboxylic acids is 2. The molecule has 0 aliphatic rings. The minimum absolute atomic E-state index is 0. The number of carbonyl (C=O) groups is 3. The van der Waals surface area contributed by atoms with Gasteiger partial charge in [-0.3, -0.25) is 4.79 Å². The van der Waals surface area contributed by atoms with E-state index in [9.17, 15) is 37.6 Å². The zero-order chi connectivity index (χ0) is 27.4. The van der Waals surface area contributed by atoms with Crippen molar-refractivity contribution < 1.29 is 94.1 Å². The van der Waals surface area contributed by atoms with Crippen molar-refractivity contribution in [3.05, 3.63) is 0 Å². The van der Waals surface area contributed by atoms with Crippen molar-refractivity contribution in [1.82, 2.24) is 0 Å². The molecule has 0 aliphatic heterocycles. The molecule has 0 bridgehead atoms. The summed E-state index contributed by atoms with van der Waals surface area (Å²) in [6.45, 7) is 1.82. The van der Waals surface area contributed by atoms with E-state index in [0.29, 0.717) is 38.5 Å². The molecular weight excluding hydrogens is 503 g/mol. The minimum atomic E-state index is -4.32. The Hall–Kier alpha value is -0.840. The fourth-order valence-corrected chi connectivity index (χ4v) is 2.39. The van der Waals surface area contributed by atoms with Crippen LogP contribution >= 0.6 is 0 Å². The van der Waals surface area contributed by atoms with Gasteiger partial charge in [0.15, 0.2) is 0 Å². The molecule has 0 rings (SSSR count). The van der Waals surface area contributed by atoms with Crippen molar-refractivity contribution in [3.63, 3.8) is 0 Å². The normalized spacial score (nSPS) is 10.6. The van der Waals surface area contributed by atoms with Crippen molar-refractivity contribution in [3.8, 4) is 0 Å². The summed E-state index contributed by atoms with van der Waals surface area (Å²) in [5.41, 5.74) is 0. The van der Waals surface area contributed by atoms with Crippen LogP contribution in [0.25, 0.3) is 0 Å². The molecule has 0 saturated heterocycles. The Morgan fingerprint density at radius 3 is 1.46 bits per heavy atom. The maximum absolute atomic E-state index is 10.1. The minimum Gasteiger partial charge on any atom is -0.748 e. The summed E-state index contributed by atoms with van der Waals surface area (Å²) in [6, 6.07) is 0. The molecular formula is C20H41NaO13S-2. The molecule has 1 unspecified atom stereocenters. The maximum Gasteiger partial charge on any atom is 1.00 e. The van der Waals surface area contributed by atoms with E-state index >= 15 is 0 Å². The Labute approximate surface area is 230 Å². The Morgan fingerprint density at radius 2 is 1.14 bits per heavy atom. The molecule has 0 aromatic carbocycles. The third kappa shape index (κ3) is 65.6. The van der Waals surface area contributed by atoms with Crippen molar-refractivity contribution in [1.29, 1.82) is 0 Å². The Bertz CT molecular complexity index is 592. The molecule has 0 radical (unpaired) electrons. The number of hydrogen-bond acceptors (Lipinski definition) is 12. The van der Waals surface area contributed by atoms with Crippen LogP contribution in [0.5, 0.6) is 0 Å². The van der Waals surface area contributed by atoms with Crippen LogP contribution in [-0.2, 0) is 24.5 Å². The Balaban J connectivity index is -0.0000000850. The zero-order valence-corrected chi connectivity index (χ0v) is 23.4. The van der Waals surface area contributed by atoms with E-state index in [0.717, 1.165) is 6.42 Å². The van der Waals surface area contributed by atoms with Gasteiger partial charge in [-0.1, -0.05) is 13.3 Å². The molecule has 0 fully saturated rings. The summed E-state index contributed by atoms with van der Waals surface area (Å²) < 4.78 is 30.3. The van der Waals surface area contributed by atoms with Gasteiger partial charge in [-0.2, -0.15) is 0 Å². The van der Waals surface area contributed by atoms with Crippen LogP contribution in [-0.4, -0.2) is 88.1 Å². The smallest absolute Gasteiger partial charge is 0.748 e. The summed E-state index contributed by atoms with van der Waals surface area (Å²) in [7, 11) is -4.32. The van der Waals surface area contributed by atoms with Crippen LogP contribution in [0.4, 0.5) is 0 Å². The summed E-state index contributed by atoms with van der Waals surface area (Å²) >= 11 is 0. The predicted octanol–water partition coefficient (Wildman–Crippen LogP) is -5.03. The summed E-state index contributed by atoms with van der Waals surface area (Å²) in [5, 5.41) is 60.9. The average Bonchev–Trinajstić information content (AvgIpc) is 2.71. The van der Waals surface area contributed by atoms with Gasteiger partial charge in [0.2, 0.25) is 0 Å². The van der Waals surface area contributed by atoms with E-state index in [1.54, 1.807) is 6.92 Å². The van der Waals surface area contributed by atoms with Gasteiger partial charge in [-0.15, -0.1) is 0 Å². The molecule has 0 amide bonds. The fraction of sp³-hybridized carbons (Fsp3) is 0.850. The second kappa shape index (κ2) is 33.2. The molecule has 0 aromatic heterocycles. The first-order chi connectivity index (χ1) is 15.8. The van der Waals surface area contributed by atoms with Crippen LogP contribution in [0.15, 0.2) is 0 Å². The zero-order valence-electron chi connectivity index (χ0n) is 20.6. The molecule has 15 heteroatoms. The number of aliphatic carboxylic acids is 3. The molecule has 0 saturated carbocycles. The molecule has 35 heavy (non-hydrogen) atoms. The average molecular weight is 545 g/mol. The largest absolute Gasteiger partial charge is 1.00 e. The monoisotopic (exact) mass is 544 g/mol.